The summed E-state index contributed by atoms with van der Waals surface area (Å²) in [4.78, 5) is 49.1. The zero-order valence-corrected chi connectivity index (χ0v) is 34.6. The fourth-order valence-electron chi connectivity index (χ4n) is 9.66. The van der Waals surface area contributed by atoms with Crippen molar-refractivity contribution in [1.29, 1.82) is 0 Å². The van der Waals surface area contributed by atoms with E-state index in [1.165, 1.54) is 6.42 Å². The molecule has 3 saturated carbocycles. The Morgan fingerprint density at radius 1 is 1.05 bits per heavy atom. The van der Waals surface area contributed by atoms with E-state index in [4.69, 9.17) is 9.57 Å². The van der Waals surface area contributed by atoms with Crippen LogP contribution in [0, 0.1) is 35.0 Å². The molecule has 1 saturated heterocycles. The Hall–Kier alpha value is -4.49. The molecule has 1 aliphatic heterocycles. The lowest BCUT2D eigenvalue weighted by Gasteiger charge is -2.62. The number of ether oxygens (including phenoxy) is 1. The summed E-state index contributed by atoms with van der Waals surface area (Å²) in [6, 6.07) is 20.2. The lowest BCUT2D eigenvalue weighted by Crippen LogP contribution is -2.62. The van der Waals surface area contributed by atoms with Gasteiger partial charge in [0, 0.05) is 62.0 Å². The highest BCUT2D eigenvalue weighted by Gasteiger charge is 2.57. The summed E-state index contributed by atoms with van der Waals surface area (Å²) in [6.07, 6.45) is 0.883. The maximum Gasteiger partial charge on any atom is 0.251 e. The SMILES string of the molecule is CNC(=O)C(CNC(=O)c1cc(-c2cccc(CN3O[C@@H](CO)[C@@H]([C@H](C)O)[C@H]3C(=O)N[C@H]3CC4C[C@@H]([C@@H]3C)C4(C)C)c2OC)cc(N(C)C)c1)Cc1ccccc1. The van der Waals surface area contributed by atoms with E-state index in [-0.39, 0.29) is 48.9 Å². The number of methoxy groups -OCH3 is 1. The van der Waals surface area contributed by atoms with Gasteiger partial charge in [-0.1, -0.05) is 69.3 Å². The van der Waals surface area contributed by atoms with Gasteiger partial charge in [0.25, 0.3) is 5.91 Å². The predicted octanol–water partition coefficient (Wildman–Crippen LogP) is 4.42. The van der Waals surface area contributed by atoms with Crippen LogP contribution in [0.25, 0.3) is 11.1 Å². The standard InChI is InChI=1S/C45H61N5O7/c1-26-36-21-33(45(36,3)4)22-37(26)48-44(55)40-39(27(2)52)38(25-51)57-50(40)24-29-15-12-16-35(41(29)56-8)30-18-31(20-34(19-30)49(6)7)43(54)47-23-32(42(53)46-5)17-28-13-10-9-11-14-28/h9-16,18-20,26-27,32-33,36-40,51-52H,17,21-25H2,1-8H3,(H,46,53)(H,47,54)(H,48,55)/t26-,27-,32?,33?,36-,37-,38-,39+,40-/m0/s1. The lowest BCUT2D eigenvalue weighted by molar-refractivity contribution is -0.183. The van der Waals surface area contributed by atoms with E-state index in [2.05, 4.69) is 36.7 Å². The number of nitrogens with zero attached hydrogens (tertiary/aromatic N) is 2. The Morgan fingerprint density at radius 3 is 2.40 bits per heavy atom. The fourth-order valence-corrected chi connectivity index (χ4v) is 9.66. The Labute approximate surface area is 337 Å². The average Bonchev–Trinajstić information content (AvgIpc) is 3.58. The van der Waals surface area contributed by atoms with Crippen LogP contribution < -0.4 is 25.6 Å². The molecule has 4 fully saturated rings. The van der Waals surface area contributed by atoms with Crippen molar-refractivity contribution in [2.24, 2.45) is 35.0 Å². The van der Waals surface area contributed by atoms with Crippen molar-refractivity contribution in [2.75, 3.05) is 46.3 Å². The van der Waals surface area contributed by atoms with Crippen molar-refractivity contribution in [3.05, 3.63) is 83.4 Å². The molecule has 308 valence electrons. The molecular formula is C45H61N5O7. The summed E-state index contributed by atoms with van der Waals surface area (Å²) in [7, 11) is 6.98. The summed E-state index contributed by atoms with van der Waals surface area (Å²) in [5.41, 5.74) is 4.66. The molecular weight excluding hydrogens is 723 g/mol. The minimum absolute atomic E-state index is 0.0192. The number of nitrogens with one attached hydrogen (secondary N) is 3. The Balaban J connectivity index is 1.26. The smallest absolute Gasteiger partial charge is 0.251 e. The largest absolute Gasteiger partial charge is 0.496 e. The molecule has 1 heterocycles. The van der Waals surface area contributed by atoms with Crippen molar-refractivity contribution in [2.45, 2.75) is 77.8 Å². The summed E-state index contributed by atoms with van der Waals surface area (Å²) in [6.45, 7) is 8.44. The second kappa shape index (κ2) is 17.6. The van der Waals surface area contributed by atoms with Gasteiger partial charge in [-0.25, -0.2) is 0 Å². The fraction of sp³-hybridized carbons (Fsp3) is 0.533. The Morgan fingerprint density at radius 2 is 1.79 bits per heavy atom. The first-order chi connectivity index (χ1) is 27.2. The number of hydrogen-bond acceptors (Lipinski definition) is 9. The van der Waals surface area contributed by atoms with Gasteiger partial charge < -0.3 is 35.8 Å². The van der Waals surface area contributed by atoms with E-state index < -0.39 is 30.1 Å². The topological polar surface area (TPSA) is 153 Å². The van der Waals surface area contributed by atoms with E-state index in [9.17, 15) is 24.6 Å². The number of fused-ring (bicyclic) bond motifs is 2. The maximum atomic E-state index is 14.3. The first-order valence-corrected chi connectivity index (χ1v) is 20.2. The van der Waals surface area contributed by atoms with Gasteiger partial charge in [-0.15, -0.1) is 0 Å². The number of carbonyl (C=O) groups excluding carboxylic acids is 3. The molecule has 57 heavy (non-hydrogen) atoms. The van der Waals surface area contributed by atoms with Gasteiger partial charge >= 0.3 is 0 Å². The van der Waals surface area contributed by atoms with Crippen molar-refractivity contribution in [3.63, 3.8) is 0 Å². The summed E-state index contributed by atoms with van der Waals surface area (Å²) < 4.78 is 6.07. The molecule has 0 aromatic heterocycles. The third-order valence-electron chi connectivity index (χ3n) is 13.1. The molecule has 3 aliphatic carbocycles. The van der Waals surface area contributed by atoms with Crippen molar-refractivity contribution in [3.8, 4) is 16.9 Å². The normalized spacial score (nSPS) is 26.1. The monoisotopic (exact) mass is 783 g/mol. The average molecular weight is 784 g/mol. The number of aliphatic hydroxyl groups is 2. The third kappa shape index (κ3) is 8.69. The van der Waals surface area contributed by atoms with Gasteiger partial charge in [0.15, 0.2) is 0 Å². The number of benzene rings is 3. The lowest BCUT2D eigenvalue weighted by atomic mass is 9.45. The number of carbonyl (C=O) groups is 3. The molecule has 3 aromatic rings. The molecule has 3 aromatic carbocycles. The molecule has 12 heteroatoms. The molecule has 2 unspecified atom stereocenters. The summed E-state index contributed by atoms with van der Waals surface area (Å²) in [5.74, 6) is 0.132. The first kappa shape index (κ1) is 42.1. The molecule has 4 aliphatic rings. The molecule has 9 atom stereocenters. The molecule has 0 spiro atoms. The van der Waals surface area contributed by atoms with Crippen molar-refractivity contribution in [1.82, 2.24) is 21.0 Å². The molecule has 2 bridgehead atoms. The van der Waals surface area contributed by atoms with Gasteiger partial charge in [0.1, 0.15) is 17.9 Å². The minimum Gasteiger partial charge on any atom is -0.496 e. The highest BCUT2D eigenvalue weighted by molar-refractivity contribution is 5.97. The zero-order valence-electron chi connectivity index (χ0n) is 34.6. The van der Waals surface area contributed by atoms with Crippen LogP contribution in [0.4, 0.5) is 5.69 Å². The van der Waals surface area contributed by atoms with Crippen LogP contribution in [-0.4, -0.2) is 98.7 Å². The molecule has 12 nitrogen and oxygen atoms in total. The van der Waals surface area contributed by atoms with Crippen LogP contribution >= 0.6 is 0 Å². The van der Waals surface area contributed by atoms with Crippen LogP contribution in [0.15, 0.2) is 66.7 Å². The van der Waals surface area contributed by atoms with Crippen LogP contribution in [0.2, 0.25) is 0 Å². The molecule has 0 radical (unpaired) electrons. The van der Waals surface area contributed by atoms with Gasteiger partial charge in [0.05, 0.1) is 32.3 Å². The minimum atomic E-state index is -0.921. The van der Waals surface area contributed by atoms with Crippen LogP contribution in [0.1, 0.15) is 62.0 Å². The van der Waals surface area contributed by atoms with Crippen LogP contribution in [-0.2, 0) is 27.4 Å². The zero-order chi connectivity index (χ0) is 41.2. The molecule has 5 N–H and O–H groups in total. The van der Waals surface area contributed by atoms with E-state index in [1.54, 1.807) is 32.2 Å². The second-order valence-corrected chi connectivity index (χ2v) is 17.1. The Kier molecular flexibility index (Phi) is 13.0. The third-order valence-corrected chi connectivity index (χ3v) is 13.1. The number of hydrogen-bond donors (Lipinski definition) is 5. The van der Waals surface area contributed by atoms with Crippen LogP contribution in [0.5, 0.6) is 5.75 Å². The number of rotatable bonds is 15. The quantitative estimate of drug-likeness (QED) is 0.151. The molecule has 3 amide bonds. The number of anilines is 1. The van der Waals surface area contributed by atoms with E-state index in [0.717, 1.165) is 34.4 Å². The summed E-state index contributed by atoms with van der Waals surface area (Å²) in [5, 5.41) is 32.0. The van der Waals surface area contributed by atoms with Crippen LogP contribution in [0.3, 0.4) is 0 Å². The highest BCUT2D eigenvalue weighted by atomic mass is 16.7. The van der Waals surface area contributed by atoms with E-state index in [0.29, 0.717) is 35.5 Å². The number of hydroxylamine groups is 2. The number of aliphatic hydroxyl groups excluding tert-OH is 2. The highest BCUT2D eigenvalue weighted by Crippen LogP contribution is 2.61. The maximum absolute atomic E-state index is 14.3. The summed E-state index contributed by atoms with van der Waals surface area (Å²) >= 11 is 0. The first-order valence-electron chi connectivity index (χ1n) is 20.2. The van der Waals surface area contributed by atoms with Gasteiger partial charge in [-0.05, 0) is 78.7 Å². The Bertz CT molecular complexity index is 1900. The number of para-hydroxylation sites is 1. The van der Waals surface area contributed by atoms with E-state index >= 15 is 0 Å². The molecule has 7 rings (SSSR count). The van der Waals surface area contributed by atoms with Crippen molar-refractivity contribution >= 4 is 23.4 Å². The van der Waals surface area contributed by atoms with Gasteiger partial charge in [-0.2, -0.15) is 5.06 Å². The van der Waals surface area contributed by atoms with Gasteiger partial charge in [-0.3, -0.25) is 19.2 Å². The second-order valence-electron chi connectivity index (χ2n) is 17.1. The van der Waals surface area contributed by atoms with E-state index in [1.807, 2.05) is 79.7 Å². The number of amides is 3. The predicted molar refractivity (Wildman–Crippen MR) is 220 cm³/mol. The van der Waals surface area contributed by atoms with Gasteiger partial charge in [0.2, 0.25) is 11.8 Å². The van der Waals surface area contributed by atoms with Crippen molar-refractivity contribution < 1.29 is 34.2 Å².